The molecule has 2 aromatic rings. The van der Waals surface area contributed by atoms with Gasteiger partial charge in [0.15, 0.2) is 0 Å². The maximum absolute atomic E-state index is 12.8. The van der Waals surface area contributed by atoms with Gasteiger partial charge in [0.2, 0.25) is 5.91 Å². The van der Waals surface area contributed by atoms with Crippen molar-refractivity contribution in [2.75, 3.05) is 0 Å². The van der Waals surface area contributed by atoms with Crippen LogP contribution in [-0.2, 0) is 17.5 Å². The van der Waals surface area contributed by atoms with Crippen LogP contribution >= 0.6 is 11.6 Å². The Kier molecular flexibility index (Phi) is 5.57. The van der Waals surface area contributed by atoms with Crippen LogP contribution in [0.2, 0.25) is 5.02 Å². The first-order valence-electron chi connectivity index (χ1n) is 7.41. The monoisotopic (exact) mass is 372 g/mol. The van der Waals surface area contributed by atoms with E-state index < -0.39 is 34.8 Å². The number of alkyl halides is 3. The maximum Gasteiger partial charge on any atom is 0.417 e. The van der Waals surface area contributed by atoms with Gasteiger partial charge in [-0.25, -0.2) is 0 Å². The molecule has 1 atom stereocenters. The van der Waals surface area contributed by atoms with E-state index in [1.54, 1.807) is 6.92 Å². The predicted molar refractivity (Wildman–Crippen MR) is 88.5 cm³/mol. The third-order valence-corrected chi connectivity index (χ3v) is 3.99. The van der Waals surface area contributed by atoms with Gasteiger partial charge in [-0.05, 0) is 31.0 Å². The summed E-state index contributed by atoms with van der Waals surface area (Å²) in [6.45, 7) is 3.08. The molecule has 0 aliphatic rings. The Hall–Kier alpha value is -2.28. The molecule has 0 saturated heterocycles. The molecule has 134 valence electrons. The summed E-state index contributed by atoms with van der Waals surface area (Å²) in [5, 5.41) is 2.08. The number of hydrogen-bond donors (Lipinski definition) is 1. The van der Waals surface area contributed by atoms with Crippen LogP contribution in [0.5, 0.6) is 0 Å². The first-order valence-corrected chi connectivity index (χ1v) is 7.79. The van der Waals surface area contributed by atoms with Crippen molar-refractivity contribution in [3.05, 3.63) is 68.6 Å². The van der Waals surface area contributed by atoms with Gasteiger partial charge in [0.25, 0.3) is 5.56 Å². The zero-order valence-electron chi connectivity index (χ0n) is 13.5. The lowest BCUT2D eigenvalue weighted by molar-refractivity contribution is -0.138. The number of nitrogens with one attached hydrogen (secondary N) is 1. The van der Waals surface area contributed by atoms with E-state index in [2.05, 4.69) is 5.32 Å². The molecule has 0 aliphatic heterocycles. The quantitative estimate of drug-likeness (QED) is 0.889. The Labute approximate surface area is 147 Å². The van der Waals surface area contributed by atoms with Gasteiger partial charge in [-0.1, -0.05) is 35.9 Å². The molecule has 0 aliphatic carbocycles. The zero-order chi connectivity index (χ0) is 18.8. The second-order valence-electron chi connectivity index (χ2n) is 5.65. The number of carbonyl (C=O) groups is 1. The van der Waals surface area contributed by atoms with Crippen molar-refractivity contribution in [3.8, 4) is 0 Å². The SMILES string of the molecule is Cc1ccccc1[C@@H](C)NC(=O)Cn1cc(C(F)(F)F)cc(Cl)c1=O. The highest BCUT2D eigenvalue weighted by Gasteiger charge is 2.32. The van der Waals surface area contributed by atoms with Crippen LogP contribution < -0.4 is 10.9 Å². The summed E-state index contributed by atoms with van der Waals surface area (Å²) >= 11 is 5.57. The van der Waals surface area contributed by atoms with E-state index in [9.17, 15) is 22.8 Å². The van der Waals surface area contributed by atoms with Gasteiger partial charge < -0.3 is 9.88 Å². The number of benzene rings is 1. The van der Waals surface area contributed by atoms with E-state index in [0.717, 1.165) is 11.1 Å². The number of amides is 1. The lowest BCUT2D eigenvalue weighted by Crippen LogP contribution is -2.34. The molecule has 0 saturated carbocycles. The van der Waals surface area contributed by atoms with Crippen molar-refractivity contribution < 1.29 is 18.0 Å². The van der Waals surface area contributed by atoms with Crippen molar-refractivity contribution in [1.29, 1.82) is 0 Å². The molecular formula is C17H16ClF3N2O2. The Morgan fingerprint density at radius 2 is 1.96 bits per heavy atom. The second-order valence-corrected chi connectivity index (χ2v) is 6.06. The van der Waals surface area contributed by atoms with Crippen LogP contribution in [0, 0.1) is 6.92 Å². The molecule has 0 spiro atoms. The molecular weight excluding hydrogens is 357 g/mol. The average Bonchev–Trinajstić information content (AvgIpc) is 2.50. The van der Waals surface area contributed by atoms with Gasteiger partial charge in [0.05, 0.1) is 11.6 Å². The van der Waals surface area contributed by atoms with Gasteiger partial charge in [-0.2, -0.15) is 13.2 Å². The summed E-state index contributed by atoms with van der Waals surface area (Å²) < 4.78 is 39.1. The van der Waals surface area contributed by atoms with Gasteiger partial charge in [-0.15, -0.1) is 0 Å². The fourth-order valence-corrected chi connectivity index (χ4v) is 2.69. The lowest BCUT2D eigenvalue weighted by atomic mass is 10.0. The number of carbonyl (C=O) groups excluding carboxylic acids is 1. The molecule has 8 heteroatoms. The largest absolute Gasteiger partial charge is 0.417 e. The first-order chi connectivity index (χ1) is 11.6. The number of aromatic nitrogens is 1. The van der Waals surface area contributed by atoms with E-state index in [1.165, 1.54) is 0 Å². The van der Waals surface area contributed by atoms with E-state index in [1.807, 2.05) is 31.2 Å². The van der Waals surface area contributed by atoms with Crippen LogP contribution in [0.25, 0.3) is 0 Å². The normalized spacial score (nSPS) is 12.7. The third kappa shape index (κ3) is 4.63. The molecule has 1 aromatic heterocycles. The molecule has 0 fully saturated rings. The summed E-state index contributed by atoms with van der Waals surface area (Å²) in [7, 11) is 0. The predicted octanol–water partition coefficient (Wildman–Crippen LogP) is 3.71. The standard InChI is InChI=1S/C17H16ClF3N2O2/c1-10-5-3-4-6-13(10)11(2)22-15(24)9-23-8-12(17(19,20)21)7-14(18)16(23)25/h3-8,11H,9H2,1-2H3,(H,22,24)/t11-/m1/s1. The van der Waals surface area contributed by atoms with Crippen LogP contribution in [0.4, 0.5) is 13.2 Å². The van der Waals surface area contributed by atoms with Crippen molar-refractivity contribution >= 4 is 17.5 Å². The van der Waals surface area contributed by atoms with Crippen molar-refractivity contribution in [2.24, 2.45) is 0 Å². The number of rotatable bonds is 4. The van der Waals surface area contributed by atoms with E-state index in [4.69, 9.17) is 11.6 Å². The first kappa shape index (κ1) is 19.1. The summed E-state index contributed by atoms with van der Waals surface area (Å²) in [6, 6.07) is 7.60. The number of halogens is 4. The van der Waals surface area contributed by atoms with Crippen molar-refractivity contribution in [1.82, 2.24) is 9.88 Å². The Balaban J connectivity index is 2.19. The van der Waals surface area contributed by atoms with Crippen molar-refractivity contribution in [3.63, 3.8) is 0 Å². The minimum absolute atomic E-state index is 0.356. The summed E-state index contributed by atoms with van der Waals surface area (Å²) in [6.07, 6.45) is -4.07. The zero-order valence-corrected chi connectivity index (χ0v) is 14.3. The maximum atomic E-state index is 12.8. The highest BCUT2D eigenvalue weighted by Crippen LogP contribution is 2.29. The Morgan fingerprint density at radius 3 is 2.56 bits per heavy atom. The summed E-state index contributed by atoms with van der Waals surface area (Å²) in [4.78, 5) is 24.0. The van der Waals surface area contributed by atoms with Crippen LogP contribution in [0.1, 0.15) is 29.7 Å². The second kappa shape index (κ2) is 7.31. The number of hydrogen-bond acceptors (Lipinski definition) is 2. The molecule has 1 aromatic carbocycles. The number of aryl methyl sites for hydroxylation is 1. The Morgan fingerprint density at radius 1 is 1.32 bits per heavy atom. The molecule has 1 heterocycles. The van der Waals surface area contributed by atoms with Gasteiger partial charge in [0.1, 0.15) is 11.6 Å². The molecule has 0 unspecified atom stereocenters. The lowest BCUT2D eigenvalue weighted by Gasteiger charge is -2.17. The van der Waals surface area contributed by atoms with Gasteiger partial charge >= 0.3 is 6.18 Å². The molecule has 1 N–H and O–H groups in total. The number of nitrogens with zero attached hydrogens (tertiary/aromatic N) is 1. The van der Waals surface area contributed by atoms with Crippen molar-refractivity contribution in [2.45, 2.75) is 32.6 Å². The smallest absolute Gasteiger partial charge is 0.348 e. The van der Waals surface area contributed by atoms with Gasteiger partial charge in [-0.3, -0.25) is 9.59 Å². The minimum atomic E-state index is -4.66. The van der Waals surface area contributed by atoms with Crippen LogP contribution in [0.3, 0.4) is 0 Å². The van der Waals surface area contributed by atoms with Gasteiger partial charge in [0, 0.05) is 6.20 Å². The molecule has 4 nitrogen and oxygen atoms in total. The number of pyridine rings is 1. The fraction of sp³-hybridized carbons (Fsp3) is 0.294. The topological polar surface area (TPSA) is 51.1 Å². The fourth-order valence-electron chi connectivity index (χ4n) is 2.46. The van der Waals surface area contributed by atoms with Crippen LogP contribution in [-0.4, -0.2) is 10.5 Å². The highest BCUT2D eigenvalue weighted by atomic mass is 35.5. The van der Waals surface area contributed by atoms with E-state index in [-0.39, 0.29) is 6.04 Å². The molecule has 0 bridgehead atoms. The van der Waals surface area contributed by atoms with E-state index in [0.29, 0.717) is 16.8 Å². The van der Waals surface area contributed by atoms with Crippen LogP contribution in [0.15, 0.2) is 41.3 Å². The summed E-state index contributed by atoms with van der Waals surface area (Å²) in [5.41, 5.74) is -0.0925. The minimum Gasteiger partial charge on any atom is -0.348 e. The molecule has 1 amide bonds. The summed E-state index contributed by atoms with van der Waals surface area (Å²) in [5.74, 6) is -0.590. The average molecular weight is 373 g/mol. The molecule has 2 rings (SSSR count). The molecule has 25 heavy (non-hydrogen) atoms. The Bertz CT molecular complexity index is 847. The third-order valence-electron chi connectivity index (χ3n) is 3.72. The molecule has 0 radical (unpaired) electrons. The highest BCUT2D eigenvalue weighted by molar-refractivity contribution is 6.30. The van der Waals surface area contributed by atoms with E-state index >= 15 is 0 Å².